The SMILES string of the molecule is CCCF.CN=Nc1ccc(-c2ccn3nc(NC4CCC(F)(F)CC4)nc(NC)c23)cc1C. The molecule has 1 aliphatic carbocycles. The zero-order valence-corrected chi connectivity index (χ0v) is 20.1. The van der Waals surface area contributed by atoms with E-state index in [0.29, 0.717) is 31.0 Å². The van der Waals surface area contributed by atoms with Gasteiger partial charge in [-0.25, -0.2) is 13.3 Å². The lowest BCUT2D eigenvalue weighted by Gasteiger charge is -2.28. The van der Waals surface area contributed by atoms with Crippen molar-refractivity contribution in [3.63, 3.8) is 0 Å². The number of alkyl halides is 3. The first kappa shape index (κ1) is 25.5. The number of hydrogen-bond acceptors (Lipinski definition) is 6. The monoisotopic (exact) mass is 475 g/mol. The van der Waals surface area contributed by atoms with Crippen LogP contribution >= 0.6 is 0 Å². The molecule has 1 aromatic carbocycles. The highest BCUT2D eigenvalue weighted by Gasteiger charge is 2.35. The van der Waals surface area contributed by atoms with Crippen molar-refractivity contribution < 1.29 is 13.2 Å². The van der Waals surface area contributed by atoms with Gasteiger partial charge in [0.1, 0.15) is 5.52 Å². The van der Waals surface area contributed by atoms with Gasteiger partial charge in [-0.15, -0.1) is 5.10 Å². The summed E-state index contributed by atoms with van der Waals surface area (Å²) in [6.45, 7) is 3.62. The summed E-state index contributed by atoms with van der Waals surface area (Å²) in [6, 6.07) is 7.94. The van der Waals surface area contributed by atoms with Gasteiger partial charge in [0, 0.05) is 44.7 Å². The number of rotatable bonds is 6. The van der Waals surface area contributed by atoms with Crippen LogP contribution in [0, 0.1) is 6.92 Å². The number of nitrogens with zero attached hydrogens (tertiary/aromatic N) is 5. The lowest BCUT2D eigenvalue weighted by atomic mass is 9.92. The third-order valence-electron chi connectivity index (χ3n) is 5.70. The average molecular weight is 476 g/mol. The Morgan fingerprint density at radius 1 is 1.21 bits per heavy atom. The van der Waals surface area contributed by atoms with Crippen LogP contribution in [0.5, 0.6) is 0 Å². The fraction of sp³-hybridized carbons (Fsp3) is 0.500. The van der Waals surface area contributed by atoms with E-state index in [1.54, 1.807) is 25.5 Å². The van der Waals surface area contributed by atoms with Crippen molar-refractivity contribution in [1.29, 1.82) is 0 Å². The first-order chi connectivity index (χ1) is 16.3. The summed E-state index contributed by atoms with van der Waals surface area (Å²) in [4.78, 5) is 4.60. The fourth-order valence-electron chi connectivity index (χ4n) is 3.90. The van der Waals surface area contributed by atoms with Crippen LogP contribution < -0.4 is 10.6 Å². The van der Waals surface area contributed by atoms with Crippen LogP contribution in [-0.2, 0) is 0 Å². The highest BCUT2D eigenvalue weighted by atomic mass is 19.3. The number of aryl methyl sites for hydroxylation is 1. The zero-order valence-electron chi connectivity index (χ0n) is 20.1. The minimum Gasteiger partial charge on any atom is -0.371 e. The van der Waals surface area contributed by atoms with Crippen LogP contribution in [-0.4, -0.2) is 47.3 Å². The van der Waals surface area contributed by atoms with E-state index < -0.39 is 5.92 Å². The second-order valence-corrected chi connectivity index (χ2v) is 8.32. The Morgan fingerprint density at radius 3 is 2.50 bits per heavy atom. The number of hydrogen-bond donors (Lipinski definition) is 2. The number of azo groups is 1. The number of aromatic nitrogens is 3. The lowest BCUT2D eigenvalue weighted by molar-refractivity contribution is -0.0361. The Hall–Kier alpha value is -3.17. The molecule has 184 valence electrons. The van der Waals surface area contributed by atoms with E-state index in [2.05, 4.69) is 37.0 Å². The zero-order chi connectivity index (χ0) is 24.7. The van der Waals surface area contributed by atoms with Gasteiger partial charge >= 0.3 is 0 Å². The number of anilines is 2. The minimum atomic E-state index is -2.55. The smallest absolute Gasteiger partial charge is 0.248 e. The van der Waals surface area contributed by atoms with Crippen LogP contribution in [0.15, 0.2) is 40.7 Å². The molecule has 3 aromatic rings. The van der Waals surface area contributed by atoms with Gasteiger partial charge in [0.15, 0.2) is 5.82 Å². The molecule has 4 rings (SSSR count). The summed E-state index contributed by atoms with van der Waals surface area (Å²) in [7, 11) is 3.45. The van der Waals surface area contributed by atoms with E-state index >= 15 is 0 Å². The summed E-state index contributed by atoms with van der Waals surface area (Å²) in [5.41, 5.74) is 4.73. The van der Waals surface area contributed by atoms with Gasteiger partial charge in [0.25, 0.3) is 0 Å². The van der Waals surface area contributed by atoms with Crippen LogP contribution in [0.2, 0.25) is 0 Å². The third-order valence-corrected chi connectivity index (χ3v) is 5.70. The Labute approximate surface area is 197 Å². The molecule has 0 saturated heterocycles. The summed E-state index contributed by atoms with van der Waals surface area (Å²) in [5.74, 6) is -1.46. The predicted octanol–water partition coefficient (Wildman–Crippen LogP) is 6.82. The molecule has 0 aliphatic heterocycles. The Kier molecular flexibility index (Phi) is 8.46. The molecule has 0 amide bonds. The van der Waals surface area contributed by atoms with Crippen molar-refractivity contribution in [2.75, 3.05) is 31.4 Å². The molecule has 2 aromatic heterocycles. The summed E-state index contributed by atoms with van der Waals surface area (Å²) >= 11 is 0. The molecule has 0 radical (unpaired) electrons. The maximum absolute atomic E-state index is 13.4. The maximum atomic E-state index is 13.4. The van der Waals surface area contributed by atoms with Gasteiger partial charge in [-0.2, -0.15) is 15.2 Å². The van der Waals surface area contributed by atoms with Crippen LogP contribution in [0.3, 0.4) is 0 Å². The third kappa shape index (κ3) is 6.03. The van der Waals surface area contributed by atoms with Crippen molar-refractivity contribution in [2.45, 2.75) is 57.9 Å². The minimum absolute atomic E-state index is 0.0512. The number of halogens is 3. The van der Waals surface area contributed by atoms with Crippen LogP contribution in [0.4, 0.5) is 30.6 Å². The topological polar surface area (TPSA) is 79.0 Å². The molecule has 0 unspecified atom stereocenters. The fourth-order valence-corrected chi connectivity index (χ4v) is 3.90. The molecule has 0 spiro atoms. The van der Waals surface area contributed by atoms with E-state index in [9.17, 15) is 13.2 Å². The van der Waals surface area contributed by atoms with E-state index in [-0.39, 0.29) is 25.6 Å². The molecular formula is C24H32F3N7. The molecule has 34 heavy (non-hydrogen) atoms. The average Bonchev–Trinajstić information content (AvgIpc) is 3.25. The van der Waals surface area contributed by atoms with Crippen molar-refractivity contribution in [1.82, 2.24) is 14.6 Å². The van der Waals surface area contributed by atoms with Crippen LogP contribution in [0.25, 0.3) is 16.6 Å². The normalized spacial score (nSPS) is 15.9. The summed E-state index contributed by atoms with van der Waals surface area (Å²) in [5, 5.41) is 18.9. The molecule has 7 nitrogen and oxygen atoms in total. The van der Waals surface area contributed by atoms with Crippen LogP contribution in [0.1, 0.15) is 44.6 Å². The Bertz CT molecular complexity index is 1120. The first-order valence-electron chi connectivity index (χ1n) is 11.5. The van der Waals surface area contributed by atoms with Crippen molar-refractivity contribution >= 4 is 23.0 Å². The number of fused-ring (bicyclic) bond motifs is 1. The first-order valence-corrected chi connectivity index (χ1v) is 11.5. The van der Waals surface area contributed by atoms with Gasteiger partial charge < -0.3 is 10.6 Å². The van der Waals surface area contributed by atoms with Crippen molar-refractivity contribution in [2.24, 2.45) is 10.2 Å². The quantitative estimate of drug-likeness (QED) is 0.384. The summed E-state index contributed by atoms with van der Waals surface area (Å²) in [6.07, 6.45) is 3.13. The van der Waals surface area contributed by atoms with Crippen molar-refractivity contribution in [3.8, 4) is 11.1 Å². The highest BCUT2D eigenvalue weighted by molar-refractivity contribution is 5.89. The predicted molar refractivity (Wildman–Crippen MR) is 130 cm³/mol. The summed E-state index contributed by atoms with van der Waals surface area (Å²) < 4.78 is 39.3. The molecular weight excluding hydrogens is 443 g/mol. The number of nitrogens with one attached hydrogen (secondary N) is 2. The molecule has 1 saturated carbocycles. The van der Waals surface area contributed by atoms with E-state index in [1.165, 1.54) is 0 Å². The second kappa shape index (κ2) is 11.3. The molecule has 0 atom stereocenters. The van der Waals surface area contributed by atoms with E-state index in [0.717, 1.165) is 27.9 Å². The molecule has 2 N–H and O–H groups in total. The standard InChI is InChI=1S/C21H25F2N7.C3H7F/c1-13-12-14(4-5-17(13)28-25-3)16-8-11-30-18(16)19(24-2)27-20(29-30)26-15-6-9-21(22,23)10-7-15;1-2-3-4/h4-5,8,11-12,15H,6-7,9-10H2,1-3H3,(H2,24,26,27,29);2-3H2,1H3. The molecule has 0 bridgehead atoms. The maximum Gasteiger partial charge on any atom is 0.248 e. The van der Waals surface area contributed by atoms with Gasteiger partial charge in [-0.1, -0.05) is 13.0 Å². The van der Waals surface area contributed by atoms with Gasteiger partial charge in [0.05, 0.1) is 12.4 Å². The molecule has 1 aliphatic rings. The number of benzene rings is 1. The van der Waals surface area contributed by atoms with Gasteiger partial charge in [-0.3, -0.25) is 4.39 Å². The highest BCUT2D eigenvalue weighted by Crippen LogP contribution is 2.35. The lowest BCUT2D eigenvalue weighted by Crippen LogP contribution is -2.32. The molecule has 1 fully saturated rings. The Morgan fingerprint density at radius 2 is 1.91 bits per heavy atom. The van der Waals surface area contributed by atoms with Crippen molar-refractivity contribution in [3.05, 3.63) is 36.0 Å². The van der Waals surface area contributed by atoms with E-state index in [1.807, 2.05) is 31.3 Å². The van der Waals surface area contributed by atoms with Gasteiger partial charge in [0.2, 0.25) is 11.9 Å². The molecule has 10 heteroatoms. The Balaban J connectivity index is 0.000000751. The van der Waals surface area contributed by atoms with E-state index in [4.69, 9.17) is 0 Å². The van der Waals surface area contributed by atoms with Gasteiger partial charge in [-0.05, 0) is 55.5 Å². The molecule has 2 heterocycles. The second-order valence-electron chi connectivity index (χ2n) is 8.32. The largest absolute Gasteiger partial charge is 0.371 e.